The van der Waals surface area contributed by atoms with Crippen LogP contribution in [0.3, 0.4) is 0 Å². The number of fused-ring (bicyclic) bond motifs is 1. The maximum Gasteiger partial charge on any atom is 0.142 e. The highest BCUT2D eigenvalue weighted by molar-refractivity contribution is 8.06. The number of allylic oxidation sites excluding steroid dienone is 5. The number of amidine groups is 1. The molecular weight excluding hydrogens is 357 g/mol. The molecule has 0 aromatic rings. The molecule has 2 aliphatic rings. The van der Waals surface area contributed by atoms with E-state index in [1.165, 1.54) is 11.3 Å². The number of aliphatic imine (C=N–C) groups is 1. The van der Waals surface area contributed by atoms with E-state index in [0.29, 0.717) is 13.0 Å². The first-order valence-electron chi connectivity index (χ1n) is 9.76. The molecule has 3 nitrogen and oxygen atoms in total. The van der Waals surface area contributed by atoms with Crippen LogP contribution in [-0.2, 0) is 0 Å². The average molecular weight is 390 g/mol. The molecule has 2 atom stereocenters. The molecule has 2 unspecified atom stereocenters. The van der Waals surface area contributed by atoms with Gasteiger partial charge in [0.25, 0.3) is 0 Å². The van der Waals surface area contributed by atoms with Gasteiger partial charge in [0, 0.05) is 35.2 Å². The number of rotatable bonds is 8. The zero-order chi connectivity index (χ0) is 19.8. The molecule has 0 saturated carbocycles. The summed E-state index contributed by atoms with van der Waals surface area (Å²) in [5, 5.41) is 2.08. The lowest BCUT2D eigenvalue weighted by Crippen LogP contribution is -2.34. The van der Waals surface area contributed by atoms with E-state index >= 15 is 0 Å². The second kappa shape index (κ2) is 10.7. The van der Waals surface area contributed by atoms with Gasteiger partial charge in [-0.15, -0.1) is 0 Å². The molecule has 2 aliphatic heterocycles. The fourth-order valence-electron chi connectivity index (χ4n) is 3.35. The number of thioether (sulfide) groups is 1. The van der Waals surface area contributed by atoms with Crippen LogP contribution in [0.25, 0.3) is 0 Å². The summed E-state index contributed by atoms with van der Waals surface area (Å²) in [6.07, 6.45) is 11.7. The first-order chi connectivity index (χ1) is 13.0. The van der Waals surface area contributed by atoms with Crippen LogP contribution in [0.5, 0.6) is 0 Å². The van der Waals surface area contributed by atoms with Crippen LogP contribution in [0.15, 0.2) is 62.5 Å². The molecule has 0 radical (unpaired) electrons. The average Bonchev–Trinajstić information content (AvgIpc) is 3.02. The molecule has 1 saturated heterocycles. The van der Waals surface area contributed by atoms with Crippen LogP contribution in [0.1, 0.15) is 47.0 Å². The monoisotopic (exact) mass is 389 g/mol. The summed E-state index contributed by atoms with van der Waals surface area (Å²) in [7, 11) is 0. The Morgan fingerprint density at radius 1 is 1.44 bits per heavy atom. The van der Waals surface area contributed by atoms with Crippen molar-refractivity contribution >= 4 is 17.6 Å². The predicted molar refractivity (Wildman–Crippen MR) is 117 cm³/mol. The van der Waals surface area contributed by atoms with E-state index in [0.717, 1.165) is 35.7 Å². The number of hydrogen-bond donors (Lipinski definition) is 1. The number of nitrogens with two attached hydrogens (primary N) is 1. The van der Waals surface area contributed by atoms with Crippen molar-refractivity contribution < 1.29 is 4.39 Å². The first-order valence-corrected chi connectivity index (χ1v) is 10.6. The van der Waals surface area contributed by atoms with Gasteiger partial charge in [0.2, 0.25) is 0 Å². The van der Waals surface area contributed by atoms with Gasteiger partial charge in [-0.3, -0.25) is 4.99 Å². The largest absolute Gasteiger partial charge is 0.328 e. The third-order valence-electron chi connectivity index (χ3n) is 4.53. The molecule has 0 bridgehead atoms. The van der Waals surface area contributed by atoms with E-state index < -0.39 is 6.17 Å². The van der Waals surface area contributed by atoms with Crippen LogP contribution in [0.4, 0.5) is 4.39 Å². The van der Waals surface area contributed by atoms with Crippen molar-refractivity contribution in [2.24, 2.45) is 10.7 Å². The molecule has 1 fully saturated rings. The van der Waals surface area contributed by atoms with Crippen molar-refractivity contribution in [3.63, 3.8) is 0 Å². The van der Waals surface area contributed by atoms with E-state index in [1.54, 1.807) is 18.7 Å². The van der Waals surface area contributed by atoms with Crippen LogP contribution in [0.2, 0.25) is 0 Å². The van der Waals surface area contributed by atoms with E-state index in [1.807, 2.05) is 26.0 Å². The third-order valence-corrected chi connectivity index (χ3v) is 5.61. The minimum absolute atomic E-state index is 0.112. The van der Waals surface area contributed by atoms with Gasteiger partial charge in [-0.05, 0) is 44.6 Å². The Bertz CT molecular complexity index is 698. The smallest absolute Gasteiger partial charge is 0.142 e. The maximum absolute atomic E-state index is 13.2. The third kappa shape index (κ3) is 5.69. The zero-order valence-corrected chi connectivity index (χ0v) is 17.7. The minimum Gasteiger partial charge on any atom is -0.328 e. The van der Waals surface area contributed by atoms with Crippen molar-refractivity contribution in [2.45, 2.75) is 59.2 Å². The van der Waals surface area contributed by atoms with Gasteiger partial charge < -0.3 is 10.6 Å². The van der Waals surface area contributed by atoms with Gasteiger partial charge in [0.15, 0.2) is 0 Å². The topological polar surface area (TPSA) is 41.6 Å². The Kier molecular flexibility index (Phi) is 8.58. The van der Waals surface area contributed by atoms with Gasteiger partial charge in [-0.2, -0.15) is 0 Å². The minimum atomic E-state index is -0.824. The molecule has 0 aromatic heterocycles. The van der Waals surface area contributed by atoms with Gasteiger partial charge in [-0.25, -0.2) is 4.39 Å². The summed E-state index contributed by atoms with van der Waals surface area (Å²) >= 11 is 1.69. The number of hydrogen-bond acceptors (Lipinski definition) is 4. The number of halogens is 1. The van der Waals surface area contributed by atoms with E-state index in [2.05, 4.69) is 35.5 Å². The quantitative estimate of drug-likeness (QED) is 0.558. The standard InChI is InChI=1S/C22H32FN3S/c1-5-9-17(11-8-10-16(4)23)19-14-25-22(21(7-3)27-12-6-2)26-15-18(24)13-20(19)26/h6-9,11-12,16,18H,5,10,13-15,24H2,1-4H3/b11-8-,12-6-,17-9+,21-7+. The lowest BCUT2D eigenvalue weighted by Gasteiger charge is -2.30. The molecule has 2 rings (SSSR count). The fraction of sp³-hybridized carbons (Fsp3) is 0.500. The molecular formula is C22H32FN3S. The van der Waals surface area contributed by atoms with Gasteiger partial charge >= 0.3 is 0 Å². The Hall–Kier alpha value is -1.59. The highest BCUT2D eigenvalue weighted by atomic mass is 32.2. The molecule has 27 heavy (non-hydrogen) atoms. The van der Waals surface area contributed by atoms with Crippen LogP contribution in [0, 0.1) is 0 Å². The summed E-state index contributed by atoms with van der Waals surface area (Å²) < 4.78 is 13.2. The lowest BCUT2D eigenvalue weighted by molar-refractivity contribution is 0.365. The number of nitrogens with zero attached hydrogens (tertiary/aromatic N) is 2. The summed E-state index contributed by atoms with van der Waals surface area (Å²) in [4.78, 5) is 8.35. The fourth-order valence-corrected chi connectivity index (χ4v) is 4.05. The highest BCUT2D eigenvalue weighted by Gasteiger charge is 2.34. The lowest BCUT2D eigenvalue weighted by atomic mass is 9.98. The van der Waals surface area contributed by atoms with Crippen molar-refractivity contribution in [2.75, 3.05) is 13.1 Å². The molecule has 148 valence electrons. The summed E-state index contributed by atoms with van der Waals surface area (Å²) in [6.45, 7) is 9.21. The highest BCUT2D eigenvalue weighted by Crippen LogP contribution is 2.35. The molecule has 0 spiro atoms. The molecule has 0 aliphatic carbocycles. The molecule has 2 N–H and O–H groups in total. The van der Waals surface area contributed by atoms with Crippen LogP contribution < -0.4 is 5.73 Å². The van der Waals surface area contributed by atoms with Crippen molar-refractivity contribution in [3.8, 4) is 0 Å². The van der Waals surface area contributed by atoms with Crippen LogP contribution >= 0.6 is 11.8 Å². The molecule has 0 aromatic carbocycles. The Morgan fingerprint density at radius 3 is 2.85 bits per heavy atom. The van der Waals surface area contributed by atoms with E-state index in [9.17, 15) is 4.39 Å². The SMILES string of the molecule is C/C=C\S/C(=C/C)C1=NCC(C(/C=C\CC(C)F)=C/CC)=C2CC(N)CN12. The van der Waals surface area contributed by atoms with Gasteiger partial charge in [0.05, 0.1) is 6.54 Å². The van der Waals surface area contributed by atoms with Gasteiger partial charge in [0.1, 0.15) is 12.0 Å². The van der Waals surface area contributed by atoms with Crippen molar-refractivity contribution in [1.82, 2.24) is 4.90 Å². The Labute approximate surface area is 167 Å². The summed E-state index contributed by atoms with van der Waals surface area (Å²) in [5.74, 6) is 1.02. The Morgan fingerprint density at radius 2 is 2.22 bits per heavy atom. The second-order valence-electron chi connectivity index (χ2n) is 6.87. The normalized spacial score (nSPS) is 22.8. The molecule has 5 heteroatoms. The van der Waals surface area contributed by atoms with Crippen molar-refractivity contribution in [1.29, 1.82) is 0 Å². The second-order valence-corrected chi connectivity index (χ2v) is 7.81. The predicted octanol–water partition coefficient (Wildman–Crippen LogP) is 5.50. The van der Waals surface area contributed by atoms with E-state index in [-0.39, 0.29) is 6.04 Å². The maximum atomic E-state index is 13.2. The van der Waals surface area contributed by atoms with Crippen molar-refractivity contribution in [3.05, 3.63) is 57.5 Å². The zero-order valence-electron chi connectivity index (χ0n) is 16.9. The molecule has 2 heterocycles. The summed E-state index contributed by atoms with van der Waals surface area (Å²) in [5.41, 5.74) is 9.96. The molecule has 0 amide bonds. The van der Waals surface area contributed by atoms with E-state index in [4.69, 9.17) is 10.7 Å². The van der Waals surface area contributed by atoms with Crippen LogP contribution in [-0.4, -0.2) is 36.0 Å². The van der Waals surface area contributed by atoms with Gasteiger partial charge in [-0.1, -0.05) is 49.1 Å². The number of alkyl halides is 1. The first kappa shape index (κ1) is 21.7. The summed E-state index contributed by atoms with van der Waals surface area (Å²) in [6, 6.07) is 0.112. The Balaban J connectivity index is 2.35.